The van der Waals surface area contributed by atoms with Gasteiger partial charge < -0.3 is 14.4 Å². The van der Waals surface area contributed by atoms with Crippen molar-refractivity contribution < 1.29 is 18.3 Å². The number of hydrogen-bond acceptors (Lipinski definition) is 6. The van der Waals surface area contributed by atoms with Gasteiger partial charge in [-0.2, -0.15) is 0 Å². The Balaban J connectivity index is 1.55. The van der Waals surface area contributed by atoms with Crippen molar-refractivity contribution in [3.05, 3.63) is 77.9 Å². The van der Waals surface area contributed by atoms with Crippen molar-refractivity contribution in [2.45, 2.75) is 12.8 Å². The molecule has 1 aliphatic heterocycles. The molecule has 0 radical (unpaired) electrons. The predicted octanol–water partition coefficient (Wildman–Crippen LogP) is 4.97. The van der Waals surface area contributed by atoms with Crippen LogP contribution < -0.4 is 9.64 Å². The summed E-state index contributed by atoms with van der Waals surface area (Å²) >= 11 is 0. The van der Waals surface area contributed by atoms with Gasteiger partial charge >= 0.3 is 0 Å². The van der Waals surface area contributed by atoms with E-state index in [1.165, 1.54) is 12.4 Å². The minimum atomic E-state index is -0.673. The standard InChI is InChI=1S/C26H24F2N4O2/c1-16(24-6-4-18(33-2)14-29-24)20-12-21(23(28)13-22(20)27)26-19-5-3-17(11-25(19)30-15-31-26)32-7-9-34-10-8-32/h3-6,11-16H,7-10H2,1-2H3. The fraction of sp³-hybridized carbons (Fsp3) is 0.269. The van der Waals surface area contributed by atoms with Crippen LogP contribution in [-0.2, 0) is 4.74 Å². The van der Waals surface area contributed by atoms with Crippen LogP contribution in [0.2, 0.25) is 0 Å². The number of fused-ring (bicyclic) bond motifs is 1. The number of nitrogens with zero attached hydrogens (tertiary/aromatic N) is 4. The molecule has 4 aromatic rings. The lowest BCUT2D eigenvalue weighted by Crippen LogP contribution is -2.36. The number of aromatic nitrogens is 3. The molecule has 174 valence electrons. The molecular weight excluding hydrogens is 438 g/mol. The van der Waals surface area contributed by atoms with Crippen molar-refractivity contribution in [2.75, 3.05) is 38.3 Å². The second kappa shape index (κ2) is 9.30. The smallest absolute Gasteiger partial charge is 0.137 e. The summed E-state index contributed by atoms with van der Waals surface area (Å²) in [7, 11) is 1.56. The Labute approximate surface area is 196 Å². The number of morpholine rings is 1. The Hall–Kier alpha value is -3.65. The summed E-state index contributed by atoms with van der Waals surface area (Å²) in [4.78, 5) is 15.4. The Bertz CT molecular complexity index is 1320. The molecule has 1 saturated heterocycles. The van der Waals surface area contributed by atoms with Gasteiger partial charge in [0.05, 0.1) is 37.7 Å². The molecule has 0 amide bonds. The van der Waals surface area contributed by atoms with E-state index < -0.39 is 17.6 Å². The Morgan fingerprint density at radius 1 is 0.971 bits per heavy atom. The maximum atomic E-state index is 15.0. The van der Waals surface area contributed by atoms with Gasteiger partial charge in [0.15, 0.2) is 0 Å². The number of rotatable bonds is 5. The predicted molar refractivity (Wildman–Crippen MR) is 126 cm³/mol. The minimum absolute atomic E-state index is 0.225. The van der Waals surface area contributed by atoms with Crippen LogP contribution in [0.15, 0.2) is 55.0 Å². The van der Waals surface area contributed by atoms with Crippen molar-refractivity contribution in [2.24, 2.45) is 0 Å². The average molecular weight is 463 g/mol. The van der Waals surface area contributed by atoms with Crippen LogP contribution >= 0.6 is 0 Å². The number of benzene rings is 2. The summed E-state index contributed by atoms with van der Waals surface area (Å²) in [5.74, 6) is -1.08. The molecule has 6 nitrogen and oxygen atoms in total. The lowest BCUT2D eigenvalue weighted by molar-refractivity contribution is 0.122. The van der Waals surface area contributed by atoms with Gasteiger partial charge in [-0.1, -0.05) is 6.92 Å². The SMILES string of the molecule is COc1ccc(C(C)c2cc(-c3ncnc4cc(N5CCOCC5)ccc34)c(F)cc2F)nc1. The van der Waals surface area contributed by atoms with E-state index in [2.05, 4.69) is 19.9 Å². The topological polar surface area (TPSA) is 60.4 Å². The lowest BCUT2D eigenvalue weighted by Gasteiger charge is -2.29. The first-order chi connectivity index (χ1) is 16.5. The maximum Gasteiger partial charge on any atom is 0.137 e. The van der Waals surface area contributed by atoms with Crippen LogP contribution in [-0.4, -0.2) is 48.4 Å². The zero-order valence-electron chi connectivity index (χ0n) is 19.0. The van der Waals surface area contributed by atoms with Crippen LogP contribution in [0.5, 0.6) is 5.75 Å². The molecule has 1 atom stereocenters. The second-order valence-corrected chi connectivity index (χ2v) is 8.22. The molecule has 0 aliphatic carbocycles. The molecule has 8 heteroatoms. The van der Waals surface area contributed by atoms with Gasteiger partial charge in [-0.05, 0) is 42.0 Å². The summed E-state index contributed by atoms with van der Waals surface area (Å²) in [6.07, 6.45) is 3.00. The highest BCUT2D eigenvalue weighted by atomic mass is 19.1. The largest absolute Gasteiger partial charge is 0.495 e. The van der Waals surface area contributed by atoms with Crippen LogP contribution in [0, 0.1) is 11.6 Å². The van der Waals surface area contributed by atoms with E-state index in [1.54, 1.807) is 25.4 Å². The van der Waals surface area contributed by atoms with E-state index in [9.17, 15) is 4.39 Å². The molecule has 0 saturated carbocycles. The normalized spacial score (nSPS) is 14.9. The highest BCUT2D eigenvalue weighted by Gasteiger charge is 2.21. The number of pyridine rings is 1. The van der Waals surface area contributed by atoms with E-state index in [-0.39, 0.29) is 5.56 Å². The summed E-state index contributed by atoms with van der Waals surface area (Å²) in [5, 5.41) is 0.700. The van der Waals surface area contributed by atoms with Crippen molar-refractivity contribution in [3.8, 4) is 17.0 Å². The van der Waals surface area contributed by atoms with Crippen molar-refractivity contribution in [1.29, 1.82) is 0 Å². The summed E-state index contributed by atoms with van der Waals surface area (Å²) in [5.41, 5.74) is 3.37. The van der Waals surface area contributed by atoms with Gasteiger partial charge in [-0.3, -0.25) is 4.98 Å². The zero-order valence-corrected chi connectivity index (χ0v) is 19.0. The van der Waals surface area contributed by atoms with E-state index in [0.29, 0.717) is 46.8 Å². The van der Waals surface area contributed by atoms with E-state index in [4.69, 9.17) is 9.47 Å². The fourth-order valence-corrected chi connectivity index (χ4v) is 4.29. The van der Waals surface area contributed by atoms with Gasteiger partial charge in [0, 0.05) is 47.4 Å². The highest BCUT2D eigenvalue weighted by Crippen LogP contribution is 2.34. The molecular formula is C26H24F2N4O2. The van der Waals surface area contributed by atoms with Crippen LogP contribution in [0.4, 0.5) is 14.5 Å². The van der Waals surface area contributed by atoms with Crippen molar-refractivity contribution in [1.82, 2.24) is 15.0 Å². The number of halogens is 2. The minimum Gasteiger partial charge on any atom is -0.495 e. The molecule has 0 spiro atoms. The lowest BCUT2D eigenvalue weighted by atomic mass is 9.93. The van der Waals surface area contributed by atoms with Gasteiger partial charge in [0.1, 0.15) is 23.7 Å². The molecule has 2 aromatic carbocycles. The van der Waals surface area contributed by atoms with Crippen LogP contribution in [0.1, 0.15) is 24.1 Å². The summed E-state index contributed by atoms with van der Waals surface area (Å²) < 4.78 is 40.5. The van der Waals surface area contributed by atoms with Gasteiger partial charge in [-0.15, -0.1) is 0 Å². The highest BCUT2D eigenvalue weighted by molar-refractivity contribution is 5.94. The van der Waals surface area contributed by atoms with Gasteiger partial charge in [0.25, 0.3) is 0 Å². The first-order valence-electron chi connectivity index (χ1n) is 11.1. The molecule has 34 heavy (non-hydrogen) atoms. The summed E-state index contributed by atoms with van der Waals surface area (Å²) in [6.45, 7) is 4.80. The monoisotopic (exact) mass is 462 g/mol. The average Bonchev–Trinajstić information content (AvgIpc) is 2.88. The quantitative estimate of drug-likeness (QED) is 0.418. The Kier molecular flexibility index (Phi) is 6.06. The molecule has 2 aromatic heterocycles. The molecule has 1 aliphatic rings. The Morgan fingerprint density at radius 2 is 1.79 bits per heavy atom. The first kappa shape index (κ1) is 22.2. The third kappa shape index (κ3) is 4.17. The molecule has 5 rings (SSSR count). The van der Waals surface area contributed by atoms with E-state index in [0.717, 1.165) is 24.8 Å². The van der Waals surface area contributed by atoms with E-state index in [1.807, 2.05) is 25.1 Å². The van der Waals surface area contributed by atoms with Gasteiger partial charge in [0.2, 0.25) is 0 Å². The van der Waals surface area contributed by atoms with Crippen molar-refractivity contribution in [3.63, 3.8) is 0 Å². The molecule has 1 fully saturated rings. The van der Waals surface area contributed by atoms with Gasteiger partial charge in [-0.25, -0.2) is 18.7 Å². The molecule has 0 bridgehead atoms. The van der Waals surface area contributed by atoms with E-state index >= 15 is 4.39 Å². The third-order valence-electron chi connectivity index (χ3n) is 6.24. The molecule has 3 heterocycles. The van der Waals surface area contributed by atoms with Crippen molar-refractivity contribution >= 4 is 16.6 Å². The third-order valence-corrected chi connectivity index (χ3v) is 6.24. The van der Waals surface area contributed by atoms with Crippen LogP contribution in [0.25, 0.3) is 22.2 Å². The molecule has 1 unspecified atom stereocenters. The zero-order chi connectivity index (χ0) is 23.7. The number of ether oxygens (including phenoxy) is 2. The fourth-order valence-electron chi connectivity index (χ4n) is 4.29. The Morgan fingerprint density at radius 3 is 2.53 bits per heavy atom. The van der Waals surface area contributed by atoms with Crippen LogP contribution in [0.3, 0.4) is 0 Å². The maximum absolute atomic E-state index is 15.0. The second-order valence-electron chi connectivity index (χ2n) is 8.22. The number of hydrogen-bond donors (Lipinski definition) is 0. The summed E-state index contributed by atoms with van der Waals surface area (Å²) in [6, 6.07) is 11.8. The number of anilines is 1. The molecule has 0 N–H and O–H groups in total. The first-order valence-corrected chi connectivity index (χ1v) is 11.1. The number of methoxy groups -OCH3 is 1.